The molecule has 1 unspecified atom stereocenters. The molecule has 3 heterocycles. The molecule has 30 heavy (non-hydrogen) atoms. The minimum absolute atomic E-state index is 0.0588. The number of hydrogen-bond acceptors (Lipinski definition) is 7. The fourth-order valence-electron chi connectivity index (χ4n) is 3.96. The number of nitrogens with zero attached hydrogens (tertiary/aromatic N) is 2. The smallest absolute Gasteiger partial charge is 0.259 e. The van der Waals surface area contributed by atoms with Gasteiger partial charge in [0.2, 0.25) is 0 Å². The van der Waals surface area contributed by atoms with E-state index in [2.05, 4.69) is 4.98 Å². The molecule has 1 atom stereocenters. The van der Waals surface area contributed by atoms with E-state index >= 15 is 0 Å². The molecule has 0 bridgehead atoms. The van der Waals surface area contributed by atoms with Crippen LogP contribution in [-0.4, -0.2) is 45.3 Å². The Bertz CT molecular complexity index is 1030. The Balaban J connectivity index is 1.55. The first-order chi connectivity index (χ1) is 14.5. The molecule has 0 aliphatic heterocycles. The van der Waals surface area contributed by atoms with E-state index in [1.807, 2.05) is 30.9 Å². The summed E-state index contributed by atoms with van der Waals surface area (Å²) in [5.74, 6) is 1.40. The Morgan fingerprint density at radius 3 is 2.93 bits per heavy atom. The van der Waals surface area contributed by atoms with Gasteiger partial charge in [-0.05, 0) is 57.2 Å². The first-order valence-corrected chi connectivity index (χ1v) is 11.4. The van der Waals surface area contributed by atoms with Gasteiger partial charge in [0, 0.05) is 11.4 Å². The molecule has 0 aromatic carbocycles. The summed E-state index contributed by atoms with van der Waals surface area (Å²) in [6, 6.07) is 3.74. The van der Waals surface area contributed by atoms with Crippen molar-refractivity contribution in [1.82, 2.24) is 14.9 Å². The van der Waals surface area contributed by atoms with Gasteiger partial charge in [-0.25, -0.2) is 4.98 Å². The predicted molar refractivity (Wildman–Crippen MR) is 117 cm³/mol. The minimum Gasteiger partial charge on any atom is -0.468 e. The molecule has 0 spiro atoms. The van der Waals surface area contributed by atoms with E-state index in [1.54, 1.807) is 17.6 Å². The third kappa shape index (κ3) is 5.00. The number of thiophene rings is 1. The van der Waals surface area contributed by atoms with E-state index in [4.69, 9.17) is 14.1 Å². The maximum Gasteiger partial charge on any atom is 0.259 e. The van der Waals surface area contributed by atoms with Crippen LogP contribution in [0, 0.1) is 0 Å². The van der Waals surface area contributed by atoms with Gasteiger partial charge in [0.1, 0.15) is 16.4 Å². The van der Waals surface area contributed by atoms with Gasteiger partial charge in [-0.1, -0.05) is 0 Å². The number of aromatic amines is 1. The highest BCUT2D eigenvalue weighted by Gasteiger charge is 2.21. The van der Waals surface area contributed by atoms with Crippen LogP contribution >= 0.6 is 11.3 Å². The van der Waals surface area contributed by atoms with Crippen molar-refractivity contribution < 1.29 is 14.3 Å². The Labute approximate surface area is 179 Å². The van der Waals surface area contributed by atoms with Crippen LogP contribution in [0.2, 0.25) is 0 Å². The van der Waals surface area contributed by atoms with Gasteiger partial charge in [0.05, 0.1) is 43.6 Å². The third-order valence-corrected chi connectivity index (χ3v) is 6.48. The number of furan rings is 1. The number of rotatable bonds is 9. The van der Waals surface area contributed by atoms with Gasteiger partial charge in [-0.3, -0.25) is 9.69 Å². The van der Waals surface area contributed by atoms with Gasteiger partial charge in [-0.2, -0.15) is 0 Å². The van der Waals surface area contributed by atoms with Crippen LogP contribution in [0.15, 0.2) is 27.6 Å². The largest absolute Gasteiger partial charge is 0.468 e. The molecule has 0 saturated heterocycles. The first kappa shape index (κ1) is 21.2. The summed E-state index contributed by atoms with van der Waals surface area (Å²) in [4.78, 5) is 24.7. The number of aromatic nitrogens is 2. The number of ether oxygens (including phenoxy) is 1. The van der Waals surface area contributed by atoms with Crippen LogP contribution in [0.3, 0.4) is 0 Å². The molecular weight excluding hydrogens is 402 g/mol. The number of aryl methyl sites for hydroxylation is 2. The average molecular weight is 432 g/mol. The summed E-state index contributed by atoms with van der Waals surface area (Å²) in [5, 5.41) is 11.2. The standard InChI is InChI=1S/C22H29N3O4S/c1-14(2)29-13-15(26)10-25(11-16-6-5-9-28-16)12-19-23-21(27)20-17-7-3-4-8-18(17)30-22(20)24-19/h5-6,9,14-15,26H,3-4,7-8,10-13H2,1-2H3,(H,23,24,27). The molecule has 1 aliphatic rings. The Kier molecular flexibility index (Phi) is 6.67. The van der Waals surface area contributed by atoms with Crippen LogP contribution in [-0.2, 0) is 30.7 Å². The van der Waals surface area contributed by atoms with Crippen molar-refractivity contribution >= 4 is 21.6 Å². The summed E-state index contributed by atoms with van der Waals surface area (Å²) in [6.07, 6.45) is 5.36. The zero-order valence-electron chi connectivity index (χ0n) is 17.5. The van der Waals surface area contributed by atoms with Crippen LogP contribution in [0.25, 0.3) is 10.2 Å². The SMILES string of the molecule is CC(C)OCC(O)CN(Cc1nc2sc3c(c2c(=O)[nH]1)CCCC3)Cc1ccco1. The Morgan fingerprint density at radius 1 is 1.33 bits per heavy atom. The van der Waals surface area contributed by atoms with Crippen LogP contribution in [0.5, 0.6) is 0 Å². The fraction of sp³-hybridized carbons (Fsp3) is 0.545. The van der Waals surface area contributed by atoms with E-state index in [0.29, 0.717) is 25.5 Å². The van der Waals surface area contributed by atoms with Gasteiger partial charge in [0.25, 0.3) is 5.56 Å². The second kappa shape index (κ2) is 9.43. The molecular formula is C22H29N3O4S. The van der Waals surface area contributed by atoms with Gasteiger partial charge < -0.3 is 19.2 Å². The molecule has 3 aromatic heterocycles. The lowest BCUT2D eigenvalue weighted by Crippen LogP contribution is -2.35. The zero-order valence-corrected chi connectivity index (χ0v) is 18.3. The summed E-state index contributed by atoms with van der Waals surface area (Å²) in [5.41, 5.74) is 1.13. The monoisotopic (exact) mass is 431 g/mol. The van der Waals surface area contributed by atoms with E-state index < -0.39 is 6.10 Å². The van der Waals surface area contributed by atoms with Gasteiger partial charge in [-0.15, -0.1) is 11.3 Å². The van der Waals surface area contributed by atoms with Crippen molar-refractivity contribution in [2.45, 2.75) is 64.8 Å². The lowest BCUT2D eigenvalue weighted by molar-refractivity contribution is -0.0117. The Hall–Kier alpha value is -2.00. The molecule has 3 aromatic rings. The second-order valence-electron chi connectivity index (χ2n) is 8.19. The highest BCUT2D eigenvalue weighted by Crippen LogP contribution is 2.33. The molecule has 4 rings (SSSR count). The third-order valence-electron chi connectivity index (χ3n) is 5.30. The van der Waals surface area contributed by atoms with E-state index in [1.165, 1.54) is 16.9 Å². The lowest BCUT2D eigenvalue weighted by atomic mass is 9.97. The molecule has 162 valence electrons. The number of H-pyrrole nitrogens is 1. The van der Waals surface area contributed by atoms with Crippen molar-refractivity contribution in [2.24, 2.45) is 0 Å². The molecule has 0 fully saturated rings. The van der Waals surface area contributed by atoms with Crippen LogP contribution < -0.4 is 5.56 Å². The summed E-state index contributed by atoms with van der Waals surface area (Å²) < 4.78 is 11.0. The number of nitrogens with one attached hydrogen (secondary N) is 1. The van der Waals surface area contributed by atoms with Crippen molar-refractivity contribution in [2.75, 3.05) is 13.2 Å². The minimum atomic E-state index is -0.646. The van der Waals surface area contributed by atoms with Crippen LogP contribution in [0.4, 0.5) is 0 Å². The van der Waals surface area contributed by atoms with Crippen molar-refractivity contribution in [3.8, 4) is 0 Å². The predicted octanol–water partition coefficient (Wildman–Crippen LogP) is 3.24. The highest BCUT2D eigenvalue weighted by molar-refractivity contribution is 7.18. The number of fused-ring (bicyclic) bond motifs is 3. The van der Waals surface area contributed by atoms with Gasteiger partial charge in [0.15, 0.2) is 0 Å². The molecule has 7 nitrogen and oxygen atoms in total. The van der Waals surface area contributed by atoms with Crippen molar-refractivity contribution in [3.05, 3.63) is 50.8 Å². The summed E-state index contributed by atoms with van der Waals surface area (Å²) in [6.45, 7) is 5.44. The highest BCUT2D eigenvalue weighted by atomic mass is 32.1. The first-order valence-electron chi connectivity index (χ1n) is 10.6. The fourth-order valence-corrected chi connectivity index (χ4v) is 5.24. The Morgan fingerprint density at radius 2 is 2.17 bits per heavy atom. The quantitative estimate of drug-likeness (QED) is 0.540. The number of aliphatic hydroxyl groups excluding tert-OH is 1. The lowest BCUT2D eigenvalue weighted by Gasteiger charge is -2.24. The normalized spacial score (nSPS) is 15.2. The maximum atomic E-state index is 12.8. The zero-order chi connectivity index (χ0) is 21.1. The average Bonchev–Trinajstić information content (AvgIpc) is 3.33. The van der Waals surface area contributed by atoms with E-state index in [-0.39, 0.29) is 18.3 Å². The van der Waals surface area contributed by atoms with E-state index in [9.17, 15) is 9.90 Å². The van der Waals surface area contributed by atoms with Crippen molar-refractivity contribution in [3.63, 3.8) is 0 Å². The summed E-state index contributed by atoms with van der Waals surface area (Å²) in [7, 11) is 0. The molecule has 2 N–H and O–H groups in total. The number of aliphatic hydroxyl groups is 1. The van der Waals surface area contributed by atoms with Crippen molar-refractivity contribution in [1.29, 1.82) is 0 Å². The maximum absolute atomic E-state index is 12.8. The molecule has 8 heteroatoms. The number of hydrogen-bond donors (Lipinski definition) is 2. The molecule has 0 amide bonds. The molecule has 0 radical (unpaired) electrons. The van der Waals surface area contributed by atoms with E-state index in [0.717, 1.165) is 35.2 Å². The molecule has 1 aliphatic carbocycles. The molecule has 0 saturated carbocycles. The summed E-state index contributed by atoms with van der Waals surface area (Å²) >= 11 is 1.65. The topological polar surface area (TPSA) is 91.6 Å². The van der Waals surface area contributed by atoms with Gasteiger partial charge >= 0.3 is 0 Å². The van der Waals surface area contributed by atoms with Crippen LogP contribution in [0.1, 0.15) is 48.7 Å². The second-order valence-corrected chi connectivity index (χ2v) is 9.27.